The van der Waals surface area contributed by atoms with Crippen LogP contribution in [0.4, 0.5) is 5.69 Å². The van der Waals surface area contributed by atoms with E-state index in [9.17, 15) is 4.79 Å². The predicted octanol–water partition coefficient (Wildman–Crippen LogP) is 3.71. The Balaban J connectivity index is 1.46. The molecule has 0 saturated carbocycles. The van der Waals surface area contributed by atoms with Crippen molar-refractivity contribution in [3.8, 4) is 0 Å². The predicted molar refractivity (Wildman–Crippen MR) is 108 cm³/mol. The molecule has 5 heteroatoms. The number of hydrogen-bond donors (Lipinski definition) is 1. The van der Waals surface area contributed by atoms with Crippen LogP contribution >= 0.6 is 11.6 Å². The first-order valence-corrected chi connectivity index (χ1v) is 9.44. The lowest BCUT2D eigenvalue weighted by atomic mass is 10.1. The molecular weight excluding hydrogens is 346 g/mol. The van der Waals surface area contributed by atoms with Gasteiger partial charge in [0.25, 0.3) is 0 Å². The molecule has 1 amide bonds. The molecule has 3 rings (SSSR count). The molecule has 0 spiro atoms. The third kappa shape index (κ3) is 5.07. The third-order valence-electron chi connectivity index (χ3n) is 5.01. The summed E-state index contributed by atoms with van der Waals surface area (Å²) in [4.78, 5) is 17.0. The van der Waals surface area contributed by atoms with Crippen LogP contribution < -0.4 is 5.32 Å². The number of aryl methyl sites for hydroxylation is 1. The highest BCUT2D eigenvalue weighted by Gasteiger charge is 2.19. The van der Waals surface area contributed by atoms with Crippen LogP contribution in [0.2, 0.25) is 5.02 Å². The van der Waals surface area contributed by atoms with Gasteiger partial charge in [-0.3, -0.25) is 14.6 Å². The Morgan fingerprint density at radius 3 is 2.46 bits per heavy atom. The van der Waals surface area contributed by atoms with Gasteiger partial charge in [-0.15, -0.1) is 0 Å². The molecule has 26 heavy (non-hydrogen) atoms. The van der Waals surface area contributed by atoms with E-state index in [2.05, 4.69) is 34.2 Å². The van der Waals surface area contributed by atoms with Crippen LogP contribution in [0.15, 0.2) is 42.5 Å². The molecular formula is C21H26ClN3O. The van der Waals surface area contributed by atoms with E-state index in [-0.39, 0.29) is 5.91 Å². The molecule has 2 aromatic carbocycles. The number of benzene rings is 2. The maximum absolute atomic E-state index is 12.4. The van der Waals surface area contributed by atoms with Crippen molar-refractivity contribution in [2.24, 2.45) is 0 Å². The molecule has 0 atom stereocenters. The minimum atomic E-state index is 0.0574. The van der Waals surface area contributed by atoms with Crippen LogP contribution in [0, 0.1) is 13.8 Å². The van der Waals surface area contributed by atoms with Crippen molar-refractivity contribution in [1.29, 1.82) is 0 Å². The fourth-order valence-corrected chi connectivity index (χ4v) is 3.49. The molecule has 0 aliphatic carbocycles. The third-order valence-corrected chi connectivity index (χ3v) is 5.24. The lowest BCUT2D eigenvalue weighted by molar-refractivity contribution is -0.117. The summed E-state index contributed by atoms with van der Waals surface area (Å²) in [5, 5.41) is 3.83. The number of amides is 1. The number of rotatable bonds is 5. The van der Waals surface area contributed by atoms with Crippen LogP contribution in [-0.4, -0.2) is 48.4 Å². The summed E-state index contributed by atoms with van der Waals surface area (Å²) in [5.74, 6) is 0.0574. The number of carbonyl (C=O) groups excluding carboxylic acids is 1. The SMILES string of the molecule is Cc1cccc(NC(=O)CN2CCN(Cc3cccc(Cl)c3)CC2)c1C. The van der Waals surface area contributed by atoms with Crippen LogP contribution in [0.3, 0.4) is 0 Å². The number of anilines is 1. The molecule has 1 heterocycles. The zero-order valence-corrected chi connectivity index (χ0v) is 16.2. The van der Waals surface area contributed by atoms with Crippen LogP contribution in [-0.2, 0) is 11.3 Å². The molecule has 1 saturated heterocycles. The Morgan fingerprint density at radius 2 is 1.73 bits per heavy atom. The molecule has 2 aromatic rings. The van der Waals surface area contributed by atoms with Crippen LogP contribution in [0.5, 0.6) is 0 Å². The van der Waals surface area contributed by atoms with E-state index in [1.165, 1.54) is 11.1 Å². The summed E-state index contributed by atoms with van der Waals surface area (Å²) < 4.78 is 0. The van der Waals surface area contributed by atoms with Crippen molar-refractivity contribution >= 4 is 23.2 Å². The van der Waals surface area contributed by atoms with Crippen molar-refractivity contribution in [1.82, 2.24) is 9.80 Å². The van der Waals surface area contributed by atoms with Crippen molar-refractivity contribution in [3.05, 3.63) is 64.2 Å². The maximum Gasteiger partial charge on any atom is 0.238 e. The second-order valence-electron chi connectivity index (χ2n) is 6.98. The van der Waals surface area contributed by atoms with Gasteiger partial charge in [-0.25, -0.2) is 0 Å². The van der Waals surface area contributed by atoms with Gasteiger partial charge in [0.05, 0.1) is 6.54 Å². The van der Waals surface area contributed by atoms with E-state index in [0.29, 0.717) is 6.54 Å². The first kappa shape index (κ1) is 18.9. The van der Waals surface area contributed by atoms with Crippen LogP contribution in [0.1, 0.15) is 16.7 Å². The zero-order valence-electron chi connectivity index (χ0n) is 15.5. The average molecular weight is 372 g/mol. The first-order chi connectivity index (χ1) is 12.5. The van der Waals surface area contributed by atoms with Crippen LogP contribution in [0.25, 0.3) is 0 Å². The Labute approximate surface area is 160 Å². The van der Waals surface area contributed by atoms with E-state index >= 15 is 0 Å². The zero-order chi connectivity index (χ0) is 18.5. The number of piperazine rings is 1. The largest absolute Gasteiger partial charge is 0.325 e. The highest BCUT2D eigenvalue weighted by Crippen LogP contribution is 2.18. The number of halogens is 1. The second kappa shape index (κ2) is 8.67. The minimum Gasteiger partial charge on any atom is -0.325 e. The van der Waals surface area contributed by atoms with Gasteiger partial charge in [0, 0.05) is 43.4 Å². The molecule has 138 valence electrons. The quantitative estimate of drug-likeness (QED) is 0.870. The Morgan fingerprint density at radius 1 is 1.04 bits per heavy atom. The smallest absolute Gasteiger partial charge is 0.238 e. The maximum atomic E-state index is 12.4. The number of nitrogens with one attached hydrogen (secondary N) is 1. The fraction of sp³-hybridized carbons (Fsp3) is 0.381. The Kier molecular flexibility index (Phi) is 6.30. The van der Waals surface area contributed by atoms with E-state index in [1.54, 1.807) is 0 Å². The van der Waals surface area contributed by atoms with Gasteiger partial charge in [-0.1, -0.05) is 35.9 Å². The number of nitrogens with zero attached hydrogens (tertiary/aromatic N) is 2. The molecule has 1 aliphatic heterocycles. The molecule has 1 aliphatic rings. The minimum absolute atomic E-state index is 0.0574. The Hall–Kier alpha value is -1.88. The van der Waals surface area contributed by atoms with Gasteiger partial charge in [0.2, 0.25) is 5.91 Å². The molecule has 0 aromatic heterocycles. The lowest BCUT2D eigenvalue weighted by Gasteiger charge is -2.34. The number of carbonyl (C=O) groups is 1. The summed E-state index contributed by atoms with van der Waals surface area (Å²) >= 11 is 6.06. The normalized spacial score (nSPS) is 15.8. The van der Waals surface area contributed by atoms with Gasteiger partial charge >= 0.3 is 0 Å². The summed E-state index contributed by atoms with van der Waals surface area (Å²) in [5.41, 5.74) is 4.47. The van der Waals surface area contributed by atoms with E-state index in [0.717, 1.165) is 49.0 Å². The lowest BCUT2D eigenvalue weighted by Crippen LogP contribution is -2.48. The van der Waals surface area contributed by atoms with Crippen molar-refractivity contribution in [3.63, 3.8) is 0 Å². The highest BCUT2D eigenvalue weighted by atomic mass is 35.5. The number of hydrogen-bond acceptors (Lipinski definition) is 3. The fourth-order valence-electron chi connectivity index (χ4n) is 3.28. The molecule has 4 nitrogen and oxygen atoms in total. The summed E-state index contributed by atoms with van der Waals surface area (Å²) in [6.45, 7) is 9.18. The van der Waals surface area contributed by atoms with Crippen molar-refractivity contribution < 1.29 is 4.79 Å². The summed E-state index contributed by atoms with van der Waals surface area (Å²) in [6.07, 6.45) is 0. The molecule has 1 fully saturated rings. The van der Waals surface area contributed by atoms with E-state index in [4.69, 9.17) is 11.6 Å². The topological polar surface area (TPSA) is 35.6 Å². The Bertz CT molecular complexity index is 770. The molecule has 1 N–H and O–H groups in total. The average Bonchev–Trinajstić information content (AvgIpc) is 2.61. The summed E-state index contributed by atoms with van der Waals surface area (Å²) in [6, 6.07) is 14.0. The second-order valence-corrected chi connectivity index (χ2v) is 7.41. The molecule has 0 bridgehead atoms. The van der Waals surface area contributed by atoms with Gasteiger partial charge in [-0.2, -0.15) is 0 Å². The molecule has 0 unspecified atom stereocenters. The van der Waals surface area contributed by atoms with Crippen molar-refractivity contribution in [2.45, 2.75) is 20.4 Å². The van der Waals surface area contributed by atoms with E-state index < -0.39 is 0 Å². The van der Waals surface area contributed by atoms with Crippen molar-refractivity contribution in [2.75, 3.05) is 38.0 Å². The van der Waals surface area contributed by atoms with Gasteiger partial charge in [-0.05, 0) is 48.7 Å². The van der Waals surface area contributed by atoms with E-state index in [1.807, 2.05) is 37.3 Å². The standard InChI is InChI=1S/C21H26ClN3O/c1-16-5-3-8-20(17(16)2)23-21(26)15-25-11-9-24(10-12-25)14-18-6-4-7-19(22)13-18/h3-8,13H,9-12,14-15H2,1-2H3,(H,23,26). The first-order valence-electron chi connectivity index (χ1n) is 9.06. The highest BCUT2D eigenvalue weighted by molar-refractivity contribution is 6.30. The van der Waals surface area contributed by atoms with Gasteiger partial charge < -0.3 is 5.32 Å². The molecule has 0 radical (unpaired) electrons. The van der Waals surface area contributed by atoms with Gasteiger partial charge in [0.15, 0.2) is 0 Å². The van der Waals surface area contributed by atoms with Gasteiger partial charge in [0.1, 0.15) is 0 Å². The monoisotopic (exact) mass is 371 g/mol. The summed E-state index contributed by atoms with van der Waals surface area (Å²) in [7, 11) is 0.